The molecule has 0 aliphatic heterocycles. The molecule has 0 aliphatic carbocycles. The van der Waals surface area contributed by atoms with E-state index in [9.17, 15) is 4.79 Å². The minimum absolute atomic E-state index is 0.344. The predicted molar refractivity (Wildman–Crippen MR) is 104 cm³/mol. The fourth-order valence-electron chi connectivity index (χ4n) is 2.40. The molecule has 0 aliphatic rings. The molecule has 3 rings (SSSR count). The first-order valence-corrected chi connectivity index (χ1v) is 8.36. The summed E-state index contributed by atoms with van der Waals surface area (Å²) in [5.74, 6) is 1.02. The first-order chi connectivity index (χ1) is 13.1. The van der Waals surface area contributed by atoms with Crippen LogP contribution in [0.1, 0.15) is 10.4 Å². The van der Waals surface area contributed by atoms with E-state index >= 15 is 0 Å². The Labute approximate surface area is 161 Å². The minimum atomic E-state index is -0.436. The van der Waals surface area contributed by atoms with E-state index in [4.69, 9.17) is 21.1 Å². The molecular weight excluding hydrogens is 368 g/mol. The average Bonchev–Trinajstić information content (AvgIpc) is 2.68. The average molecular weight is 385 g/mol. The van der Waals surface area contributed by atoms with Crippen molar-refractivity contribution in [1.29, 1.82) is 0 Å². The smallest absolute Gasteiger partial charge is 0.339 e. The number of hydrogen-bond donors (Lipinski definition) is 2. The molecule has 0 radical (unpaired) electrons. The van der Waals surface area contributed by atoms with Crippen molar-refractivity contribution in [2.45, 2.75) is 0 Å². The van der Waals surface area contributed by atoms with Crippen molar-refractivity contribution in [3.05, 3.63) is 65.3 Å². The summed E-state index contributed by atoms with van der Waals surface area (Å²) in [5, 5.41) is 6.74. The number of nitrogens with zero attached hydrogens (tertiary/aromatic N) is 2. The van der Waals surface area contributed by atoms with Crippen molar-refractivity contribution < 1.29 is 14.3 Å². The molecule has 0 atom stereocenters. The number of carbonyl (C=O) groups excluding carboxylic acids is 1. The minimum Gasteiger partial charge on any atom is -0.495 e. The third kappa shape index (κ3) is 4.45. The Bertz CT molecular complexity index is 965. The Balaban J connectivity index is 1.85. The van der Waals surface area contributed by atoms with Gasteiger partial charge in [0.1, 0.15) is 11.6 Å². The third-order valence-corrected chi connectivity index (χ3v) is 3.89. The Kier molecular flexibility index (Phi) is 5.73. The summed E-state index contributed by atoms with van der Waals surface area (Å²) in [4.78, 5) is 20.5. The van der Waals surface area contributed by atoms with E-state index in [0.717, 1.165) is 0 Å². The highest BCUT2D eigenvalue weighted by Gasteiger charge is 2.12. The Hall–Kier alpha value is -3.32. The maximum Gasteiger partial charge on any atom is 0.339 e. The lowest BCUT2D eigenvalue weighted by Crippen LogP contribution is -2.07. The fourth-order valence-corrected chi connectivity index (χ4v) is 2.58. The lowest BCUT2D eigenvalue weighted by molar-refractivity contribution is 0.0602. The van der Waals surface area contributed by atoms with Crippen molar-refractivity contribution in [3.63, 3.8) is 0 Å². The van der Waals surface area contributed by atoms with Crippen LogP contribution in [0, 0.1) is 0 Å². The second kappa shape index (κ2) is 8.37. The van der Waals surface area contributed by atoms with Gasteiger partial charge in [-0.1, -0.05) is 23.7 Å². The van der Waals surface area contributed by atoms with E-state index < -0.39 is 5.97 Å². The molecule has 27 heavy (non-hydrogen) atoms. The van der Waals surface area contributed by atoms with Crippen molar-refractivity contribution >= 4 is 40.7 Å². The molecule has 2 N–H and O–H groups in total. The highest BCUT2D eigenvalue weighted by molar-refractivity contribution is 6.31. The second-order valence-corrected chi connectivity index (χ2v) is 5.83. The molecule has 0 unspecified atom stereocenters. The van der Waals surface area contributed by atoms with Crippen LogP contribution in [-0.2, 0) is 4.74 Å². The number of nitrogens with one attached hydrogen (secondary N) is 2. The molecule has 0 amide bonds. The van der Waals surface area contributed by atoms with Gasteiger partial charge in [0.2, 0.25) is 5.95 Å². The predicted octanol–water partition coefficient (Wildman–Crippen LogP) is 4.41. The summed E-state index contributed by atoms with van der Waals surface area (Å²) in [6.07, 6.45) is 1.59. The standard InChI is InChI=1S/C19H17ClN4O3/c1-26-16-8-7-12(20)11-15(16)23-19-21-10-9-17(24-19)22-14-6-4-3-5-13(14)18(25)27-2/h3-11H,1-2H3,(H2,21,22,23,24). The molecule has 0 spiro atoms. The quantitative estimate of drug-likeness (QED) is 0.608. The lowest BCUT2D eigenvalue weighted by Gasteiger charge is -2.12. The van der Waals surface area contributed by atoms with Crippen LogP contribution in [0.15, 0.2) is 54.7 Å². The van der Waals surface area contributed by atoms with Gasteiger partial charge in [-0.15, -0.1) is 0 Å². The normalized spacial score (nSPS) is 10.2. The number of hydrogen-bond acceptors (Lipinski definition) is 7. The molecule has 138 valence electrons. The first-order valence-electron chi connectivity index (χ1n) is 7.98. The molecule has 7 nitrogen and oxygen atoms in total. The van der Waals surface area contributed by atoms with Crippen molar-refractivity contribution in [3.8, 4) is 5.75 Å². The summed E-state index contributed by atoms with van der Waals surface area (Å²) < 4.78 is 10.1. The lowest BCUT2D eigenvalue weighted by atomic mass is 10.2. The maximum atomic E-state index is 11.9. The van der Waals surface area contributed by atoms with E-state index in [1.165, 1.54) is 7.11 Å². The van der Waals surface area contributed by atoms with E-state index in [2.05, 4.69) is 20.6 Å². The summed E-state index contributed by atoms with van der Waals surface area (Å²) in [6.45, 7) is 0. The monoisotopic (exact) mass is 384 g/mol. The SMILES string of the molecule is COC(=O)c1ccccc1Nc1ccnc(Nc2cc(Cl)ccc2OC)n1. The number of halogens is 1. The number of aromatic nitrogens is 2. The summed E-state index contributed by atoms with van der Waals surface area (Å²) in [6, 6.07) is 13.9. The van der Waals surface area contributed by atoms with Gasteiger partial charge in [-0.25, -0.2) is 9.78 Å². The zero-order valence-corrected chi connectivity index (χ0v) is 15.4. The van der Waals surface area contributed by atoms with Gasteiger partial charge >= 0.3 is 5.97 Å². The van der Waals surface area contributed by atoms with E-state index in [-0.39, 0.29) is 0 Å². The number of benzene rings is 2. The molecule has 8 heteroatoms. The van der Waals surface area contributed by atoms with E-state index in [0.29, 0.717) is 39.5 Å². The highest BCUT2D eigenvalue weighted by atomic mass is 35.5. The van der Waals surface area contributed by atoms with Gasteiger partial charge in [-0.05, 0) is 36.4 Å². The highest BCUT2D eigenvalue weighted by Crippen LogP contribution is 2.30. The van der Waals surface area contributed by atoms with Crippen LogP contribution in [0.2, 0.25) is 5.02 Å². The summed E-state index contributed by atoms with van der Waals surface area (Å²) in [7, 11) is 2.90. The largest absolute Gasteiger partial charge is 0.495 e. The van der Waals surface area contributed by atoms with Crippen LogP contribution in [0.4, 0.5) is 23.1 Å². The van der Waals surface area contributed by atoms with E-state index in [1.807, 2.05) is 6.07 Å². The Morgan fingerprint density at radius 3 is 2.63 bits per heavy atom. The third-order valence-electron chi connectivity index (χ3n) is 3.66. The van der Waals surface area contributed by atoms with E-state index in [1.54, 1.807) is 55.8 Å². The van der Waals surface area contributed by atoms with Crippen LogP contribution in [0.3, 0.4) is 0 Å². The van der Waals surface area contributed by atoms with Gasteiger partial charge in [0.05, 0.1) is 31.2 Å². The Morgan fingerprint density at radius 2 is 1.85 bits per heavy atom. The molecule has 0 saturated heterocycles. The van der Waals surface area contributed by atoms with Gasteiger partial charge in [0.25, 0.3) is 0 Å². The van der Waals surface area contributed by atoms with Crippen molar-refractivity contribution in [1.82, 2.24) is 9.97 Å². The van der Waals surface area contributed by atoms with Gasteiger partial charge in [0.15, 0.2) is 0 Å². The molecule has 2 aromatic carbocycles. The molecule has 3 aromatic rings. The molecule has 0 bridgehead atoms. The van der Waals surface area contributed by atoms with Gasteiger partial charge in [-0.2, -0.15) is 4.98 Å². The fraction of sp³-hybridized carbons (Fsp3) is 0.105. The summed E-state index contributed by atoms with van der Waals surface area (Å²) >= 11 is 6.05. The zero-order valence-electron chi connectivity index (χ0n) is 14.7. The van der Waals surface area contributed by atoms with Gasteiger partial charge < -0.3 is 20.1 Å². The number of carbonyl (C=O) groups is 1. The number of rotatable bonds is 6. The number of methoxy groups -OCH3 is 2. The summed E-state index contributed by atoms with van der Waals surface area (Å²) in [5.41, 5.74) is 1.62. The molecule has 0 fully saturated rings. The number of para-hydroxylation sites is 1. The van der Waals surface area contributed by atoms with Crippen molar-refractivity contribution in [2.24, 2.45) is 0 Å². The first kappa shape index (κ1) is 18.5. The Morgan fingerprint density at radius 1 is 1.04 bits per heavy atom. The van der Waals surface area contributed by atoms with Gasteiger partial charge in [0, 0.05) is 11.2 Å². The number of ether oxygens (including phenoxy) is 2. The molecule has 1 heterocycles. The zero-order chi connectivity index (χ0) is 19.2. The molecular formula is C19H17ClN4O3. The number of anilines is 4. The topological polar surface area (TPSA) is 85.4 Å². The van der Waals surface area contributed by atoms with Crippen LogP contribution >= 0.6 is 11.6 Å². The van der Waals surface area contributed by atoms with Crippen molar-refractivity contribution in [2.75, 3.05) is 24.9 Å². The molecule has 0 saturated carbocycles. The second-order valence-electron chi connectivity index (χ2n) is 5.40. The maximum absolute atomic E-state index is 11.9. The van der Waals surface area contributed by atoms with Crippen LogP contribution in [-0.4, -0.2) is 30.2 Å². The van der Waals surface area contributed by atoms with Gasteiger partial charge in [-0.3, -0.25) is 0 Å². The van der Waals surface area contributed by atoms with Crippen LogP contribution < -0.4 is 15.4 Å². The molecule has 1 aromatic heterocycles. The van der Waals surface area contributed by atoms with Crippen LogP contribution in [0.5, 0.6) is 5.75 Å². The number of esters is 1. The van der Waals surface area contributed by atoms with Crippen LogP contribution in [0.25, 0.3) is 0 Å².